The number of primary amides is 1. The first-order valence-corrected chi connectivity index (χ1v) is 13.5. The minimum absolute atomic E-state index is 0.0447. The van der Waals surface area contributed by atoms with Crippen molar-refractivity contribution in [2.24, 2.45) is 16.3 Å². The fraction of sp³-hybridized carbons (Fsp3) is 0.571. The zero-order valence-electron chi connectivity index (χ0n) is 20.0. The molecule has 37 heavy (non-hydrogen) atoms. The Kier molecular flexibility index (Phi) is 6.35. The molecule has 6 rings (SSSR count). The van der Waals surface area contributed by atoms with Crippen LogP contribution in [0.3, 0.4) is 0 Å². The van der Waals surface area contributed by atoms with E-state index in [4.69, 9.17) is 16.3 Å². The van der Waals surface area contributed by atoms with Crippen LogP contribution in [-0.2, 0) is 24.0 Å². The monoisotopic (exact) mass is 552 g/mol. The molecule has 0 spiro atoms. The molecule has 198 valence electrons. The van der Waals surface area contributed by atoms with E-state index in [-0.39, 0.29) is 28.3 Å². The lowest BCUT2D eigenvalue weighted by Crippen LogP contribution is -2.72. The maximum atomic E-state index is 13.1. The van der Waals surface area contributed by atoms with Crippen LogP contribution in [0.2, 0.25) is 0 Å². The van der Waals surface area contributed by atoms with Crippen LogP contribution in [0.15, 0.2) is 16.4 Å². The SMILES string of the molecule is CO/N=C(\C(=O)N[C@@H]1C(=O)N2C(C(=O)[O-])=C(C[N+]34CCC(C(N)=O)(CC3)[14CH2]C4)CS[C@H]12)c1nsc(N)n1. The average Bonchev–Trinajstić information content (AvgIpc) is 3.31. The number of fused-ring (bicyclic) bond motifs is 4. The van der Waals surface area contributed by atoms with E-state index < -0.39 is 34.6 Å². The van der Waals surface area contributed by atoms with E-state index in [9.17, 15) is 24.3 Å². The third-order valence-corrected chi connectivity index (χ3v) is 9.70. The summed E-state index contributed by atoms with van der Waals surface area (Å²) < 4.78 is 4.61. The lowest BCUT2D eigenvalue weighted by Gasteiger charge is -2.55. The van der Waals surface area contributed by atoms with Crippen molar-refractivity contribution in [2.45, 2.75) is 30.7 Å². The molecule has 2 bridgehead atoms. The Morgan fingerprint density at radius 3 is 2.65 bits per heavy atom. The molecule has 6 heterocycles. The van der Waals surface area contributed by atoms with Crippen molar-refractivity contribution in [2.75, 3.05) is 44.8 Å². The summed E-state index contributed by atoms with van der Waals surface area (Å²) in [6.45, 7) is 2.64. The number of carbonyl (C=O) groups is 4. The molecule has 2 atom stereocenters. The lowest BCUT2D eigenvalue weighted by atomic mass is 9.82. The van der Waals surface area contributed by atoms with Crippen molar-refractivity contribution in [3.8, 4) is 0 Å². The van der Waals surface area contributed by atoms with Crippen LogP contribution < -0.4 is 21.9 Å². The van der Waals surface area contributed by atoms with Crippen LogP contribution in [0.4, 0.5) is 5.13 Å². The van der Waals surface area contributed by atoms with Gasteiger partial charge in [0.25, 0.3) is 11.8 Å². The third kappa shape index (κ3) is 4.21. The van der Waals surface area contributed by atoms with Gasteiger partial charge in [-0.3, -0.25) is 19.3 Å². The number of thioether (sulfide) groups is 1. The number of carboxylic acids is 1. The second kappa shape index (κ2) is 9.25. The number of carboxylic acid groups (broad SMARTS) is 1. The first-order valence-electron chi connectivity index (χ1n) is 11.6. The predicted octanol–water partition coefficient (Wildman–Crippen LogP) is -2.64. The summed E-state index contributed by atoms with van der Waals surface area (Å²) in [6, 6.07) is -0.973. The highest BCUT2D eigenvalue weighted by Crippen LogP contribution is 2.46. The summed E-state index contributed by atoms with van der Waals surface area (Å²) in [5.41, 5.74) is 11.0. The number of hydrogen-bond acceptors (Lipinski definition) is 12. The number of piperidine rings is 3. The fourth-order valence-corrected chi connectivity index (χ4v) is 7.45. The largest absolute Gasteiger partial charge is 0.543 e. The number of quaternary nitrogens is 1. The Hall–Kier alpha value is -3.24. The first-order chi connectivity index (χ1) is 17.6. The van der Waals surface area contributed by atoms with Crippen LogP contribution in [0.5, 0.6) is 0 Å². The molecule has 5 aliphatic rings. The zero-order valence-corrected chi connectivity index (χ0v) is 21.6. The van der Waals surface area contributed by atoms with Crippen LogP contribution >= 0.6 is 23.3 Å². The van der Waals surface area contributed by atoms with Crippen molar-refractivity contribution >= 4 is 57.8 Å². The number of anilines is 1. The molecule has 4 saturated heterocycles. The number of nitrogens with one attached hydrogen (secondary N) is 1. The number of rotatable bonds is 8. The lowest BCUT2D eigenvalue weighted by molar-refractivity contribution is -0.940. The van der Waals surface area contributed by atoms with Gasteiger partial charge in [0.05, 0.1) is 36.7 Å². The van der Waals surface area contributed by atoms with Gasteiger partial charge in [-0.15, -0.1) is 11.8 Å². The number of hydrogen-bond donors (Lipinski definition) is 3. The van der Waals surface area contributed by atoms with Gasteiger partial charge >= 0.3 is 0 Å². The molecule has 0 aliphatic carbocycles. The maximum Gasteiger partial charge on any atom is 0.278 e. The molecule has 16 heteroatoms. The summed E-state index contributed by atoms with van der Waals surface area (Å²) in [4.78, 5) is 60.0. The van der Waals surface area contributed by atoms with Gasteiger partial charge in [0, 0.05) is 42.1 Å². The van der Waals surface area contributed by atoms with Crippen LogP contribution in [0.25, 0.3) is 0 Å². The molecule has 0 unspecified atom stereocenters. The fourth-order valence-electron chi connectivity index (χ4n) is 5.68. The number of nitrogens with zero attached hydrogens (tertiary/aromatic N) is 5. The molecule has 0 saturated carbocycles. The Labute approximate surface area is 219 Å². The van der Waals surface area contributed by atoms with E-state index in [1.165, 1.54) is 23.8 Å². The van der Waals surface area contributed by atoms with E-state index in [2.05, 4.69) is 19.8 Å². The van der Waals surface area contributed by atoms with Gasteiger partial charge in [0.1, 0.15) is 25.1 Å². The number of aliphatic carboxylic acids is 1. The molecule has 3 amide bonds. The minimum Gasteiger partial charge on any atom is -0.543 e. The average molecular weight is 553 g/mol. The molecule has 14 nitrogen and oxygen atoms in total. The van der Waals surface area contributed by atoms with E-state index in [0.717, 1.165) is 31.2 Å². The number of carbonyl (C=O) groups excluding carboxylic acids is 4. The molecule has 0 aromatic carbocycles. The van der Waals surface area contributed by atoms with Crippen molar-refractivity contribution in [1.29, 1.82) is 0 Å². The highest BCUT2D eigenvalue weighted by Gasteiger charge is 2.56. The van der Waals surface area contributed by atoms with Crippen LogP contribution in [0.1, 0.15) is 25.1 Å². The van der Waals surface area contributed by atoms with Gasteiger partial charge in [-0.2, -0.15) is 9.36 Å². The maximum absolute atomic E-state index is 13.1. The van der Waals surface area contributed by atoms with E-state index in [0.29, 0.717) is 41.6 Å². The minimum atomic E-state index is -1.43. The second-order valence-corrected chi connectivity index (χ2v) is 11.6. The molecular formula is C21H26N8O6S2. The summed E-state index contributed by atoms with van der Waals surface area (Å²) in [5, 5.41) is 18.0. The number of nitrogen functional groups attached to an aromatic ring is 1. The molecule has 1 aromatic heterocycles. The smallest absolute Gasteiger partial charge is 0.278 e. The Morgan fingerprint density at radius 1 is 1.38 bits per heavy atom. The highest BCUT2D eigenvalue weighted by molar-refractivity contribution is 8.00. The van der Waals surface area contributed by atoms with Crippen molar-refractivity contribution in [3.05, 3.63) is 17.1 Å². The molecule has 1 aromatic rings. The Bertz CT molecular complexity index is 1220. The van der Waals surface area contributed by atoms with E-state index >= 15 is 0 Å². The van der Waals surface area contributed by atoms with Crippen molar-refractivity contribution in [1.82, 2.24) is 19.6 Å². The van der Waals surface area contributed by atoms with Gasteiger partial charge in [0.2, 0.25) is 17.4 Å². The van der Waals surface area contributed by atoms with Gasteiger partial charge < -0.3 is 36.0 Å². The molecule has 0 radical (unpaired) electrons. The molecule has 4 fully saturated rings. The van der Waals surface area contributed by atoms with Gasteiger partial charge in [0.15, 0.2) is 5.13 Å². The summed E-state index contributed by atoms with van der Waals surface area (Å²) >= 11 is 2.25. The topological polar surface area (TPSA) is 206 Å². The zero-order chi connectivity index (χ0) is 26.5. The van der Waals surface area contributed by atoms with Crippen LogP contribution in [-0.4, -0.2) is 98.6 Å². The summed E-state index contributed by atoms with van der Waals surface area (Å²) in [5.74, 6) is -2.68. The van der Waals surface area contributed by atoms with Gasteiger partial charge in [-0.25, -0.2) is 0 Å². The first kappa shape index (κ1) is 25.4. The molecular weight excluding hydrogens is 526 g/mol. The van der Waals surface area contributed by atoms with Gasteiger partial charge in [-0.05, 0) is 0 Å². The predicted molar refractivity (Wildman–Crippen MR) is 130 cm³/mol. The van der Waals surface area contributed by atoms with E-state index in [1.54, 1.807) is 0 Å². The number of nitrogens with two attached hydrogens (primary N) is 2. The Morgan fingerprint density at radius 2 is 2.11 bits per heavy atom. The second-order valence-electron chi connectivity index (χ2n) is 9.74. The molecule has 5 N–H and O–H groups in total. The van der Waals surface area contributed by atoms with E-state index in [1.807, 2.05) is 0 Å². The van der Waals surface area contributed by atoms with Crippen LogP contribution in [0, 0.1) is 5.41 Å². The standard InChI is InChI=1S/C21H26N8O6S2/c1-35-26-11(14-25-20(23)37-27-14)15(30)24-12-16(31)28-13(18(32)33)10(9-36-17(12)28)8-29-5-2-21(3-6-29,4-7-29)19(22)34/h12,17H,2-9H2,1H3,(H5-,22,23,24,25,27,30,32,33,34)/b26-11-/t12-,17-,21?,29?/m1/s1/i2+2. The quantitative estimate of drug-likeness (QED) is 0.132. The Balaban J connectivity index is 1.32. The van der Waals surface area contributed by atoms with Crippen molar-refractivity contribution < 1.29 is 33.6 Å². The number of β-lactam (4-membered cyclic amide) rings is 1. The number of amides is 3. The highest BCUT2D eigenvalue weighted by atomic mass is 32.2. The van der Waals surface area contributed by atoms with Gasteiger partial charge in [-0.1, -0.05) is 5.16 Å². The number of oxime groups is 1. The number of aromatic nitrogens is 2. The summed E-state index contributed by atoms with van der Waals surface area (Å²) in [6.07, 6.45) is 2.02. The normalized spacial score (nSPS) is 31.0. The third-order valence-electron chi connectivity index (χ3n) is 7.82. The van der Waals surface area contributed by atoms with Crippen molar-refractivity contribution in [3.63, 3.8) is 0 Å². The molecule has 5 aliphatic heterocycles. The summed E-state index contributed by atoms with van der Waals surface area (Å²) in [7, 11) is 1.25.